The Labute approximate surface area is 127 Å². The summed E-state index contributed by atoms with van der Waals surface area (Å²) in [5.74, 6) is 0.991. The third kappa shape index (κ3) is 3.29. The molecule has 112 valence electrons. The number of nitrogens with one attached hydrogen (secondary N) is 1. The van der Waals surface area contributed by atoms with Gasteiger partial charge in [-0.1, -0.05) is 50.8 Å². The first kappa shape index (κ1) is 14.2. The predicted molar refractivity (Wildman–Crippen MR) is 88.1 cm³/mol. The second-order valence-electron chi connectivity index (χ2n) is 5.98. The summed E-state index contributed by atoms with van der Waals surface area (Å²) in [6.45, 7) is 2.23. The first-order valence-corrected chi connectivity index (χ1v) is 8.26. The van der Waals surface area contributed by atoms with Crippen LogP contribution in [0.15, 0.2) is 36.7 Å². The third-order valence-electron chi connectivity index (χ3n) is 4.35. The summed E-state index contributed by atoms with van der Waals surface area (Å²) < 4.78 is 2.21. The number of benzene rings is 1. The lowest BCUT2D eigenvalue weighted by atomic mass is 9.96. The Morgan fingerprint density at radius 3 is 2.81 bits per heavy atom. The van der Waals surface area contributed by atoms with E-state index >= 15 is 0 Å². The smallest absolute Gasteiger partial charge is 0.207 e. The average Bonchev–Trinajstić information content (AvgIpc) is 2.97. The fourth-order valence-corrected chi connectivity index (χ4v) is 3.26. The van der Waals surface area contributed by atoms with Crippen molar-refractivity contribution in [2.24, 2.45) is 0 Å². The van der Waals surface area contributed by atoms with Gasteiger partial charge in [0, 0.05) is 18.4 Å². The Hall–Kier alpha value is -1.77. The minimum Gasteiger partial charge on any atom is -0.353 e. The quantitative estimate of drug-likeness (QED) is 0.871. The van der Waals surface area contributed by atoms with Gasteiger partial charge in [-0.25, -0.2) is 4.98 Å². The molecule has 0 spiro atoms. The lowest BCUT2D eigenvalue weighted by Crippen LogP contribution is -2.24. The lowest BCUT2D eigenvalue weighted by Gasteiger charge is -2.24. The van der Waals surface area contributed by atoms with Crippen LogP contribution in [0.25, 0.3) is 5.69 Å². The molecule has 0 saturated heterocycles. The molecule has 2 aromatic rings. The fraction of sp³-hybridized carbons (Fsp3) is 0.500. The van der Waals surface area contributed by atoms with Crippen molar-refractivity contribution in [2.45, 2.75) is 57.9 Å². The van der Waals surface area contributed by atoms with Crippen LogP contribution in [0.5, 0.6) is 0 Å². The van der Waals surface area contributed by atoms with Crippen LogP contribution < -0.4 is 5.32 Å². The number of imidazole rings is 1. The number of rotatable bonds is 5. The van der Waals surface area contributed by atoms with Gasteiger partial charge in [0.15, 0.2) is 0 Å². The van der Waals surface area contributed by atoms with E-state index in [0.717, 1.165) is 18.8 Å². The van der Waals surface area contributed by atoms with Gasteiger partial charge in [0.05, 0.1) is 5.69 Å². The number of para-hydroxylation sites is 1. The normalized spacial score (nSPS) is 16.0. The molecule has 1 N–H and O–H groups in total. The molecular formula is C18H25N3. The SMILES string of the molecule is CCCc1ccccc1-n1ccnc1NC1CCCCC1. The summed E-state index contributed by atoms with van der Waals surface area (Å²) >= 11 is 0. The van der Waals surface area contributed by atoms with Crippen molar-refractivity contribution in [3.05, 3.63) is 42.2 Å². The van der Waals surface area contributed by atoms with Gasteiger partial charge in [0.25, 0.3) is 0 Å². The van der Waals surface area contributed by atoms with Crippen LogP contribution in [0, 0.1) is 0 Å². The summed E-state index contributed by atoms with van der Waals surface area (Å²) in [6.07, 6.45) is 12.8. The molecule has 1 heterocycles. The topological polar surface area (TPSA) is 29.9 Å². The van der Waals surface area contributed by atoms with Crippen LogP contribution in [0.4, 0.5) is 5.95 Å². The Bertz CT molecular complexity index is 567. The van der Waals surface area contributed by atoms with E-state index in [4.69, 9.17) is 0 Å². The molecule has 0 unspecified atom stereocenters. The molecule has 1 aliphatic rings. The molecule has 3 nitrogen and oxygen atoms in total. The average molecular weight is 283 g/mol. The van der Waals surface area contributed by atoms with Gasteiger partial charge in [-0.2, -0.15) is 0 Å². The molecule has 0 bridgehead atoms. The first-order valence-electron chi connectivity index (χ1n) is 8.26. The molecular weight excluding hydrogens is 258 g/mol. The minimum atomic E-state index is 0.582. The number of anilines is 1. The zero-order valence-corrected chi connectivity index (χ0v) is 12.9. The number of aromatic nitrogens is 2. The lowest BCUT2D eigenvalue weighted by molar-refractivity contribution is 0.460. The highest BCUT2D eigenvalue weighted by Crippen LogP contribution is 2.24. The molecule has 0 amide bonds. The van der Waals surface area contributed by atoms with E-state index in [1.165, 1.54) is 43.4 Å². The Kier molecular flexibility index (Phi) is 4.59. The Morgan fingerprint density at radius 2 is 2.00 bits per heavy atom. The molecule has 0 aliphatic heterocycles. The molecule has 3 heteroatoms. The monoisotopic (exact) mass is 283 g/mol. The van der Waals surface area contributed by atoms with Crippen LogP contribution in [-0.2, 0) is 6.42 Å². The second kappa shape index (κ2) is 6.79. The van der Waals surface area contributed by atoms with Crippen molar-refractivity contribution >= 4 is 5.95 Å². The van der Waals surface area contributed by atoms with E-state index in [2.05, 4.69) is 52.3 Å². The highest BCUT2D eigenvalue weighted by Gasteiger charge is 2.16. The largest absolute Gasteiger partial charge is 0.353 e. The number of hydrogen-bond acceptors (Lipinski definition) is 2. The van der Waals surface area contributed by atoms with E-state index in [-0.39, 0.29) is 0 Å². The summed E-state index contributed by atoms with van der Waals surface area (Å²) in [4.78, 5) is 4.54. The molecule has 0 radical (unpaired) electrons. The van der Waals surface area contributed by atoms with Gasteiger partial charge >= 0.3 is 0 Å². The maximum Gasteiger partial charge on any atom is 0.207 e. The van der Waals surface area contributed by atoms with Crippen molar-refractivity contribution in [2.75, 3.05) is 5.32 Å². The summed E-state index contributed by atoms with van der Waals surface area (Å²) in [5.41, 5.74) is 2.65. The Morgan fingerprint density at radius 1 is 1.19 bits per heavy atom. The van der Waals surface area contributed by atoms with Crippen LogP contribution in [0.3, 0.4) is 0 Å². The van der Waals surface area contributed by atoms with Gasteiger partial charge in [-0.15, -0.1) is 0 Å². The first-order chi connectivity index (χ1) is 10.4. The van der Waals surface area contributed by atoms with Gasteiger partial charge in [-0.05, 0) is 30.9 Å². The van der Waals surface area contributed by atoms with Gasteiger partial charge < -0.3 is 5.32 Å². The third-order valence-corrected chi connectivity index (χ3v) is 4.35. The molecule has 1 fully saturated rings. The second-order valence-corrected chi connectivity index (χ2v) is 5.98. The zero-order chi connectivity index (χ0) is 14.5. The van der Waals surface area contributed by atoms with Crippen molar-refractivity contribution < 1.29 is 0 Å². The van der Waals surface area contributed by atoms with Gasteiger partial charge in [-0.3, -0.25) is 4.57 Å². The minimum absolute atomic E-state index is 0.582. The van der Waals surface area contributed by atoms with Gasteiger partial charge in [0.1, 0.15) is 0 Å². The molecule has 21 heavy (non-hydrogen) atoms. The van der Waals surface area contributed by atoms with Crippen LogP contribution in [-0.4, -0.2) is 15.6 Å². The maximum atomic E-state index is 4.54. The Balaban J connectivity index is 1.84. The maximum absolute atomic E-state index is 4.54. The molecule has 1 aromatic carbocycles. The molecule has 1 saturated carbocycles. The molecule has 1 aromatic heterocycles. The van der Waals surface area contributed by atoms with E-state index in [1.54, 1.807) is 0 Å². The predicted octanol–water partition coefficient (Wildman–Crippen LogP) is 4.57. The number of aryl methyl sites for hydroxylation is 1. The van der Waals surface area contributed by atoms with Crippen LogP contribution >= 0.6 is 0 Å². The van der Waals surface area contributed by atoms with Crippen molar-refractivity contribution in [3.63, 3.8) is 0 Å². The van der Waals surface area contributed by atoms with Crippen LogP contribution in [0.2, 0.25) is 0 Å². The van der Waals surface area contributed by atoms with Crippen LogP contribution in [0.1, 0.15) is 51.0 Å². The fourth-order valence-electron chi connectivity index (χ4n) is 3.26. The standard InChI is InChI=1S/C18H25N3/c1-2-8-15-9-6-7-12-17(15)21-14-13-19-18(21)20-16-10-4-3-5-11-16/h6-7,9,12-14,16H,2-5,8,10-11H2,1H3,(H,19,20). The van der Waals surface area contributed by atoms with E-state index in [9.17, 15) is 0 Å². The van der Waals surface area contributed by atoms with E-state index in [0.29, 0.717) is 6.04 Å². The van der Waals surface area contributed by atoms with E-state index < -0.39 is 0 Å². The van der Waals surface area contributed by atoms with E-state index in [1.807, 2.05) is 6.20 Å². The number of hydrogen-bond donors (Lipinski definition) is 1. The highest BCUT2D eigenvalue weighted by molar-refractivity contribution is 5.47. The molecule has 1 aliphatic carbocycles. The van der Waals surface area contributed by atoms with Crippen molar-refractivity contribution in [3.8, 4) is 5.69 Å². The summed E-state index contributed by atoms with van der Waals surface area (Å²) in [5, 5.41) is 3.65. The van der Waals surface area contributed by atoms with Crippen molar-refractivity contribution in [1.29, 1.82) is 0 Å². The molecule has 0 atom stereocenters. The molecule has 3 rings (SSSR count). The van der Waals surface area contributed by atoms with Gasteiger partial charge in [0.2, 0.25) is 5.95 Å². The summed E-state index contributed by atoms with van der Waals surface area (Å²) in [7, 11) is 0. The number of nitrogens with zero attached hydrogens (tertiary/aromatic N) is 2. The zero-order valence-electron chi connectivity index (χ0n) is 12.9. The summed E-state index contributed by atoms with van der Waals surface area (Å²) in [6, 6.07) is 9.23. The highest BCUT2D eigenvalue weighted by atomic mass is 15.2. The van der Waals surface area contributed by atoms with Crippen molar-refractivity contribution in [1.82, 2.24) is 9.55 Å².